The standard InChI is InChI=1S/C17H29N5O2/c1-15(22-5-2-4-19-22)17(23)18-13-16-3-6-21(14-16)8-7-20-9-11-24-12-10-20/h2,4-5,15-16H,3,6-14H2,1H3,(H,18,23). The maximum atomic E-state index is 12.2. The van der Waals surface area contributed by atoms with Gasteiger partial charge in [0.2, 0.25) is 5.91 Å². The number of likely N-dealkylation sites (tertiary alicyclic amines) is 1. The van der Waals surface area contributed by atoms with Gasteiger partial charge < -0.3 is 15.0 Å². The summed E-state index contributed by atoms with van der Waals surface area (Å²) in [6.07, 6.45) is 4.69. The Morgan fingerprint density at radius 1 is 1.29 bits per heavy atom. The lowest BCUT2D eigenvalue weighted by Gasteiger charge is -2.28. The fourth-order valence-electron chi connectivity index (χ4n) is 3.41. The smallest absolute Gasteiger partial charge is 0.244 e. The fraction of sp³-hybridized carbons (Fsp3) is 0.765. The Morgan fingerprint density at radius 2 is 2.08 bits per heavy atom. The number of ether oxygens (including phenoxy) is 1. The van der Waals surface area contributed by atoms with Gasteiger partial charge in [0.15, 0.2) is 0 Å². The number of aromatic nitrogens is 2. The predicted molar refractivity (Wildman–Crippen MR) is 91.8 cm³/mol. The van der Waals surface area contributed by atoms with Crippen LogP contribution in [0.5, 0.6) is 0 Å². The highest BCUT2D eigenvalue weighted by molar-refractivity contribution is 5.79. The summed E-state index contributed by atoms with van der Waals surface area (Å²) in [5.41, 5.74) is 0. The number of nitrogens with one attached hydrogen (secondary N) is 1. The van der Waals surface area contributed by atoms with Gasteiger partial charge in [-0.2, -0.15) is 5.10 Å². The first-order valence-corrected chi connectivity index (χ1v) is 9.01. The number of rotatable bonds is 7. The van der Waals surface area contributed by atoms with E-state index in [2.05, 4.69) is 20.2 Å². The van der Waals surface area contributed by atoms with E-state index < -0.39 is 0 Å². The van der Waals surface area contributed by atoms with E-state index in [1.165, 1.54) is 6.42 Å². The molecule has 0 bridgehead atoms. The number of carbonyl (C=O) groups excluding carboxylic acids is 1. The van der Waals surface area contributed by atoms with Crippen LogP contribution in [0.25, 0.3) is 0 Å². The van der Waals surface area contributed by atoms with Crippen LogP contribution in [0.1, 0.15) is 19.4 Å². The van der Waals surface area contributed by atoms with Crippen LogP contribution in [0.15, 0.2) is 18.5 Å². The van der Waals surface area contributed by atoms with Crippen LogP contribution in [0.3, 0.4) is 0 Å². The van der Waals surface area contributed by atoms with Crippen molar-refractivity contribution >= 4 is 5.91 Å². The van der Waals surface area contributed by atoms with E-state index >= 15 is 0 Å². The summed E-state index contributed by atoms with van der Waals surface area (Å²) < 4.78 is 7.08. The van der Waals surface area contributed by atoms with Crippen LogP contribution in [-0.4, -0.2) is 84.5 Å². The molecule has 2 aliphatic rings. The van der Waals surface area contributed by atoms with Gasteiger partial charge >= 0.3 is 0 Å². The van der Waals surface area contributed by atoms with Gasteiger partial charge in [0.1, 0.15) is 6.04 Å². The molecule has 2 fully saturated rings. The fourth-order valence-corrected chi connectivity index (χ4v) is 3.41. The Bertz CT molecular complexity index is 501. The van der Waals surface area contributed by atoms with Crippen molar-refractivity contribution in [2.24, 2.45) is 5.92 Å². The monoisotopic (exact) mass is 335 g/mol. The molecule has 0 aromatic carbocycles. The first-order chi connectivity index (χ1) is 11.7. The molecule has 2 saturated heterocycles. The molecule has 3 rings (SSSR count). The van der Waals surface area contributed by atoms with Crippen LogP contribution < -0.4 is 5.32 Å². The van der Waals surface area contributed by atoms with Crippen molar-refractivity contribution in [1.82, 2.24) is 24.9 Å². The van der Waals surface area contributed by atoms with Gasteiger partial charge in [0.25, 0.3) is 0 Å². The van der Waals surface area contributed by atoms with Gasteiger partial charge in [0, 0.05) is 51.7 Å². The molecule has 1 aromatic rings. The molecule has 3 heterocycles. The quantitative estimate of drug-likeness (QED) is 0.772. The zero-order chi connectivity index (χ0) is 16.8. The molecule has 0 aliphatic carbocycles. The second-order valence-corrected chi connectivity index (χ2v) is 6.82. The van der Waals surface area contributed by atoms with Gasteiger partial charge in [0.05, 0.1) is 13.2 Å². The van der Waals surface area contributed by atoms with E-state index in [0.29, 0.717) is 5.92 Å². The van der Waals surface area contributed by atoms with Gasteiger partial charge in [-0.05, 0) is 31.9 Å². The van der Waals surface area contributed by atoms with Gasteiger partial charge in [-0.3, -0.25) is 14.4 Å². The van der Waals surface area contributed by atoms with Gasteiger partial charge in [-0.1, -0.05) is 0 Å². The highest BCUT2D eigenvalue weighted by atomic mass is 16.5. The number of hydrogen-bond acceptors (Lipinski definition) is 5. The lowest BCUT2D eigenvalue weighted by Crippen LogP contribution is -2.41. The van der Waals surface area contributed by atoms with Crippen molar-refractivity contribution in [2.45, 2.75) is 19.4 Å². The summed E-state index contributed by atoms with van der Waals surface area (Å²) in [5.74, 6) is 0.605. The molecule has 1 N–H and O–H groups in total. The van der Waals surface area contributed by atoms with E-state index in [0.717, 1.165) is 59.0 Å². The number of nitrogens with zero attached hydrogens (tertiary/aromatic N) is 4. The number of carbonyl (C=O) groups is 1. The van der Waals surface area contributed by atoms with Crippen LogP contribution in [0.4, 0.5) is 0 Å². The Morgan fingerprint density at radius 3 is 2.83 bits per heavy atom. The van der Waals surface area contributed by atoms with Crippen LogP contribution in [-0.2, 0) is 9.53 Å². The van der Waals surface area contributed by atoms with Crippen LogP contribution >= 0.6 is 0 Å². The zero-order valence-electron chi connectivity index (χ0n) is 14.6. The lowest BCUT2D eigenvalue weighted by atomic mass is 10.1. The molecule has 134 valence electrons. The third-order valence-corrected chi connectivity index (χ3v) is 5.07. The largest absolute Gasteiger partial charge is 0.379 e. The molecule has 2 aliphatic heterocycles. The minimum Gasteiger partial charge on any atom is -0.379 e. The van der Waals surface area contributed by atoms with Crippen LogP contribution in [0, 0.1) is 5.92 Å². The summed E-state index contributed by atoms with van der Waals surface area (Å²) >= 11 is 0. The van der Waals surface area contributed by atoms with Crippen molar-refractivity contribution in [3.05, 3.63) is 18.5 Å². The molecule has 1 aromatic heterocycles. The predicted octanol–water partition coefficient (Wildman–Crippen LogP) is 0.214. The summed E-state index contributed by atoms with van der Waals surface area (Å²) in [7, 11) is 0. The normalized spacial score (nSPS) is 24.1. The van der Waals surface area contributed by atoms with Crippen molar-refractivity contribution < 1.29 is 9.53 Å². The summed E-state index contributed by atoms with van der Waals surface area (Å²) in [4.78, 5) is 17.2. The third-order valence-electron chi connectivity index (χ3n) is 5.07. The van der Waals surface area contributed by atoms with E-state index in [-0.39, 0.29) is 11.9 Å². The first-order valence-electron chi connectivity index (χ1n) is 9.01. The number of morpholine rings is 1. The molecule has 1 amide bonds. The molecule has 2 atom stereocenters. The molecule has 0 radical (unpaired) electrons. The van der Waals surface area contributed by atoms with Crippen molar-refractivity contribution in [3.8, 4) is 0 Å². The van der Waals surface area contributed by atoms with E-state index in [1.54, 1.807) is 10.9 Å². The molecular formula is C17H29N5O2. The molecule has 24 heavy (non-hydrogen) atoms. The van der Waals surface area contributed by atoms with Crippen LogP contribution in [0.2, 0.25) is 0 Å². The Balaban J connectivity index is 1.33. The van der Waals surface area contributed by atoms with E-state index in [9.17, 15) is 4.79 Å². The number of hydrogen-bond donors (Lipinski definition) is 1. The maximum absolute atomic E-state index is 12.2. The Hall–Kier alpha value is -1.44. The average Bonchev–Trinajstić information content (AvgIpc) is 3.30. The minimum absolute atomic E-state index is 0.0467. The molecule has 2 unspecified atom stereocenters. The maximum Gasteiger partial charge on any atom is 0.244 e. The van der Waals surface area contributed by atoms with Gasteiger partial charge in [-0.25, -0.2) is 0 Å². The third kappa shape index (κ3) is 4.78. The van der Waals surface area contributed by atoms with Crippen molar-refractivity contribution in [3.63, 3.8) is 0 Å². The highest BCUT2D eigenvalue weighted by Gasteiger charge is 2.24. The Labute approximate surface area is 143 Å². The Kier molecular flexibility index (Phi) is 6.23. The molecule has 7 heteroatoms. The van der Waals surface area contributed by atoms with E-state index in [1.807, 2.05) is 19.2 Å². The molecule has 0 saturated carbocycles. The second-order valence-electron chi connectivity index (χ2n) is 6.82. The highest BCUT2D eigenvalue weighted by Crippen LogP contribution is 2.15. The SMILES string of the molecule is CC(C(=O)NCC1CCN(CCN2CCOCC2)C1)n1cccn1. The summed E-state index contributed by atoms with van der Waals surface area (Å²) in [6, 6.07) is 1.59. The average molecular weight is 335 g/mol. The lowest BCUT2D eigenvalue weighted by molar-refractivity contribution is -0.124. The molecule has 0 spiro atoms. The number of amides is 1. The van der Waals surface area contributed by atoms with Crippen molar-refractivity contribution in [2.75, 3.05) is 59.0 Å². The van der Waals surface area contributed by atoms with Gasteiger partial charge in [-0.15, -0.1) is 0 Å². The summed E-state index contributed by atoms with van der Waals surface area (Å²) in [6.45, 7) is 10.9. The molecule has 7 nitrogen and oxygen atoms in total. The second kappa shape index (κ2) is 8.60. The topological polar surface area (TPSA) is 62.6 Å². The first kappa shape index (κ1) is 17.4. The minimum atomic E-state index is -0.251. The molecular weight excluding hydrogens is 306 g/mol. The summed E-state index contributed by atoms with van der Waals surface area (Å²) in [5, 5.41) is 7.22. The van der Waals surface area contributed by atoms with E-state index in [4.69, 9.17) is 4.74 Å². The zero-order valence-corrected chi connectivity index (χ0v) is 14.6. The van der Waals surface area contributed by atoms with Crippen molar-refractivity contribution in [1.29, 1.82) is 0 Å².